The summed E-state index contributed by atoms with van der Waals surface area (Å²) >= 11 is 0. The van der Waals surface area contributed by atoms with E-state index in [4.69, 9.17) is 10.0 Å². The minimum Gasteiger partial charge on any atom is -0.423 e. The molecule has 64 valence electrons. The Morgan fingerprint density at radius 1 is 1.08 bits per heavy atom. The van der Waals surface area contributed by atoms with E-state index in [0.29, 0.717) is 5.46 Å². The van der Waals surface area contributed by atoms with Crippen LogP contribution >= 0.6 is 0 Å². The molecule has 0 unspecified atom stereocenters. The Balaban J connectivity index is 2.76. The third-order valence-electron chi connectivity index (χ3n) is 1.96. The molecular weight excluding hydrogens is 165 g/mol. The van der Waals surface area contributed by atoms with Crippen LogP contribution < -0.4 is 5.46 Å². The molecule has 0 spiro atoms. The SMILES string of the molecule is OB(O)c1ccnc2ccccc12. The number of hydrogen-bond acceptors (Lipinski definition) is 3. The quantitative estimate of drug-likeness (QED) is 0.592. The van der Waals surface area contributed by atoms with E-state index in [9.17, 15) is 0 Å². The van der Waals surface area contributed by atoms with Crippen LogP contribution in [0.25, 0.3) is 10.9 Å². The first-order chi connectivity index (χ1) is 6.29. The van der Waals surface area contributed by atoms with Crippen LogP contribution in [0.5, 0.6) is 0 Å². The predicted octanol–water partition coefficient (Wildman–Crippen LogP) is -0.0854. The number of hydrogen-bond donors (Lipinski definition) is 2. The highest BCUT2D eigenvalue weighted by molar-refractivity contribution is 6.61. The van der Waals surface area contributed by atoms with Gasteiger partial charge >= 0.3 is 7.12 Å². The zero-order valence-electron chi connectivity index (χ0n) is 6.88. The molecule has 0 fully saturated rings. The summed E-state index contributed by atoms with van der Waals surface area (Å²) in [6, 6.07) is 8.96. The molecule has 1 aromatic carbocycles. The number of para-hydroxylation sites is 1. The molecule has 2 N–H and O–H groups in total. The van der Waals surface area contributed by atoms with E-state index >= 15 is 0 Å². The van der Waals surface area contributed by atoms with Crippen LogP contribution in [-0.4, -0.2) is 22.2 Å². The van der Waals surface area contributed by atoms with Crippen LogP contribution in [-0.2, 0) is 0 Å². The average molecular weight is 173 g/mol. The molecule has 0 bridgehead atoms. The van der Waals surface area contributed by atoms with Crippen molar-refractivity contribution in [2.45, 2.75) is 0 Å². The maximum Gasteiger partial charge on any atom is 0.489 e. The Bertz CT molecular complexity index is 425. The molecule has 0 saturated carbocycles. The standard InChI is InChI=1S/C9H8BNO2/c12-10(13)8-5-6-11-9-4-2-1-3-7(8)9/h1-6,12-13H. The Labute approximate surface area is 75.8 Å². The van der Waals surface area contributed by atoms with Crippen molar-refractivity contribution >= 4 is 23.5 Å². The number of benzene rings is 1. The summed E-state index contributed by atoms with van der Waals surface area (Å²) in [7, 11) is -1.44. The lowest BCUT2D eigenvalue weighted by atomic mass is 9.78. The van der Waals surface area contributed by atoms with Crippen molar-refractivity contribution in [2.24, 2.45) is 0 Å². The molecule has 0 saturated heterocycles. The van der Waals surface area contributed by atoms with Gasteiger partial charge in [0.2, 0.25) is 0 Å². The van der Waals surface area contributed by atoms with Crippen molar-refractivity contribution in [3.63, 3.8) is 0 Å². The molecule has 0 radical (unpaired) electrons. The Morgan fingerprint density at radius 3 is 2.62 bits per heavy atom. The monoisotopic (exact) mass is 173 g/mol. The molecule has 2 rings (SSSR count). The number of fused-ring (bicyclic) bond motifs is 1. The molecule has 3 nitrogen and oxygen atoms in total. The van der Waals surface area contributed by atoms with Crippen LogP contribution in [0, 0.1) is 0 Å². The zero-order chi connectivity index (χ0) is 9.26. The maximum absolute atomic E-state index is 9.05. The summed E-state index contributed by atoms with van der Waals surface area (Å²) in [4.78, 5) is 4.10. The summed E-state index contributed by atoms with van der Waals surface area (Å²) < 4.78 is 0. The van der Waals surface area contributed by atoms with Gasteiger partial charge in [0.25, 0.3) is 0 Å². The molecule has 0 aliphatic heterocycles. The van der Waals surface area contributed by atoms with Crippen LogP contribution in [0.15, 0.2) is 36.5 Å². The van der Waals surface area contributed by atoms with E-state index < -0.39 is 7.12 Å². The fourth-order valence-corrected chi connectivity index (χ4v) is 1.34. The number of aromatic nitrogens is 1. The largest absolute Gasteiger partial charge is 0.489 e. The summed E-state index contributed by atoms with van der Waals surface area (Å²) in [6.07, 6.45) is 1.57. The molecule has 0 amide bonds. The smallest absolute Gasteiger partial charge is 0.423 e. The summed E-state index contributed by atoms with van der Waals surface area (Å²) in [5.74, 6) is 0. The molecule has 1 heterocycles. The lowest BCUT2D eigenvalue weighted by Gasteiger charge is -2.03. The first kappa shape index (κ1) is 8.22. The topological polar surface area (TPSA) is 53.4 Å². The first-order valence-electron chi connectivity index (χ1n) is 3.99. The highest BCUT2D eigenvalue weighted by Gasteiger charge is 2.13. The van der Waals surface area contributed by atoms with Gasteiger partial charge in [-0.1, -0.05) is 18.2 Å². The van der Waals surface area contributed by atoms with Crippen LogP contribution in [0.4, 0.5) is 0 Å². The van der Waals surface area contributed by atoms with E-state index in [1.165, 1.54) is 0 Å². The van der Waals surface area contributed by atoms with Crippen molar-refractivity contribution in [3.8, 4) is 0 Å². The zero-order valence-corrected chi connectivity index (χ0v) is 6.88. The fourth-order valence-electron chi connectivity index (χ4n) is 1.34. The minimum atomic E-state index is -1.44. The second kappa shape index (κ2) is 3.16. The summed E-state index contributed by atoms with van der Waals surface area (Å²) in [6.45, 7) is 0. The molecule has 13 heavy (non-hydrogen) atoms. The molecule has 1 aromatic heterocycles. The molecular formula is C9H8BNO2. The molecule has 4 heteroatoms. The summed E-state index contributed by atoms with van der Waals surface area (Å²) in [5, 5.41) is 18.9. The van der Waals surface area contributed by atoms with Crippen molar-refractivity contribution in [3.05, 3.63) is 36.5 Å². The summed E-state index contributed by atoms with van der Waals surface area (Å²) in [5.41, 5.74) is 1.26. The predicted molar refractivity (Wildman–Crippen MR) is 51.6 cm³/mol. The van der Waals surface area contributed by atoms with Crippen LogP contribution in [0.3, 0.4) is 0 Å². The molecule has 2 aromatic rings. The van der Waals surface area contributed by atoms with Gasteiger partial charge in [-0.25, -0.2) is 0 Å². The average Bonchev–Trinajstić information content (AvgIpc) is 2.17. The van der Waals surface area contributed by atoms with Gasteiger partial charge in [-0.3, -0.25) is 4.98 Å². The highest BCUT2D eigenvalue weighted by atomic mass is 16.4. The van der Waals surface area contributed by atoms with E-state index in [2.05, 4.69) is 4.98 Å². The first-order valence-corrected chi connectivity index (χ1v) is 3.99. The second-order valence-electron chi connectivity index (χ2n) is 2.79. The van der Waals surface area contributed by atoms with Gasteiger partial charge in [-0.15, -0.1) is 0 Å². The van der Waals surface area contributed by atoms with Gasteiger partial charge in [-0.2, -0.15) is 0 Å². The molecule has 0 atom stereocenters. The van der Waals surface area contributed by atoms with Gasteiger partial charge in [0.1, 0.15) is 0 Å². The van der Waals surface area contributed by atoms with E-state index in [-0.39, 0.29) is 0 Å². The Hall–Kier alpha value is -1.39. The Morgan fingerprint density at radius 2 is 1.85 bits per heavy atom. The lowest BCUT2D eigenvalue weighted by molar-refractivity contribution is 0.426. The number of rotatable bonds is 1. The Kier molecular flexibility index (Phi) is 2.00. The van der Waals surface area contributed by atoms with E-state index in [1.807, 2.05) is 24.3 Å². The van der Waals surface area contributed by atoms with Gasteiger partial charge in [0.15, 0.2) is 0 Å². The number of pyridine rings is 1. The highest BCUT2D eigenvalue weighted by Crippen LogP contribution is 2.07. The lowest BCUT2D eigenvalue weighted by Crippen LogP contribution is -2.30. The third kappa shape index (κ3) is 1.41. The van der Waals surface area contributed by atoms with E-state index in [1.54, 1.807) is 12.3 Å². The normalized spacial score (nSPS) is 10.3. The van der Waals surface area contributed by atoms with Gasteiger partial charge in [0.05, 0.1) is 5.52 Å². The minimum absolute atomic E-state index is 0.491. The third-order valence-corrected chi connectivity index (χ3v) is 1.96. The fraction of sp³-hybridized carbons (Fsp3) is 0. The van der Waals surface area contributed by atoms with Gasteiger partial charge in [0, 0.05) is 6.20 Å². The number of nitrogens with zero attached hydrogens (tertiary/aromatic N) is 1. The second-order valence-corrected chi connectivity index (χ2v) is 2.79. The van der Waals surface area contributed by atoms with Crippen LogP contribution in [0.1, 0.15) is 0 Å². The maximum atomic E-state index is 9.05. The van der Waals surface area contributed by atoms with E-state index in [0.717, 1.165) is 10.9 Å². The van der Waals surface area contributed by atoms with Crippen LogP contribution in [0.2, 0.25) is 0 Å². The van der Waals surface area contributed by atoms with Crippen molar-refractivity contribution in [2.75, 3.05) is 0 Å². The molecule has 0 aliphatic rings. The van der Waals surface area contributed by atoms with Gasteiger partial charge in [-0.05, 0) is 23.0 Å². The van der Waals surface area contributed by atoms with Crippen molar-refractivity contribution in [1.82, 2.24) is 4.98 Å². The van der Waals surface area contributed by atoms with Gasteiger partial charge < -0.3 is 10.0 Å². The van der Waals surface area contributed by atoms with Crippen molar-refractivity contribution in [1.29, 1.82) is 0 Å². The van der Waals surface area contributed by atoms with Crippen molar-refractivity contribution < 1.29 is 10.0 Å². The molecule has 0 aliphatic carbocycles.